The topological polar surface area (TPSA) is 59.4 Å². The van der Waals surface area contributed by atoms with Crippen LogP contribution >= 0.6 is 0 Å². The van der Waals surface area contributed by atoms with Gasteiger partial charge in [0.25, 0.3) is 0 Å². The highest BCUT2D eigenvalue weighted by Gasteiger charge is 2.26. The number of fused-ring (bicyclic) bond motifs is 1. The van der Waals surface area contributed by atoms with Crippen LogP contribution in [0.5, 0.6) is 0 Å². The number of nitrogens with one attached hydrogen (secondary N) is 1. The number of nitrogens with zero attached hydrogens (tertiary/aromatic N) is 3. The van der Waals surface area contributed by atoms with Crippen LogP contribution in [-0.4, -0.2) is 35.8 Å². The molecule has 2 aliphatic rings. The summed E-state index contributed by atoms with van der Waals surface area (Å²) in [6, 6.07) is 5.92. The molecule has 1 unspecified atom stereocenters. The quantitative estimate of drug-likeness (QED) is 0.825. The van der Waals surface area contributed by atoms with Crippen LogP contribution in [-0.2, 0) is 17.9 Å². The van der Waals surface area contributed by atoms with E-state index in [0.29, 0.717) is 13.1 Å². The van der Waals surface area contributed by atoms with Gasteiger partial charge < -0.3 is 15.1 Å². The SMILES string of the molecule is CN1CCC(C(=O)Nc2ccc3c(c2)CN(C#N)C3)C1. The maximum Gasteiger partial charge on any atom is 0.228 e. The summed E-state index contributed by atoms with van der Waals surface area (Å²) in [5.74, 6) is 0.188. The number of anilines is 1. The highest BCUT2D eigenvalue weighted by Crippen LogP contribution is 2.26. The number of rotatable bonds is 2. The molecule has 2 aliphatic heterocycles. The van der Waals surface area contributed by atoms with Crippen molar-refractivity contribution in [2.24, 2.45) is 5.92 Å². The van der Waals surface area contributed by atoms with Crippen LogP contribution in [0, 0.1) is 17.4 Å². The number of hydrogen-bond donors (Lipinski definition) is 1. The molecule has 1 N–H and O–H groups in total. The lowest BCUT2D eigenvalue weighted by atomic mass is 10.1. The van der Waals surface area contributed by atoms with Gasteiger partial charge in [-0.15, -0.1) is 0 Å². The lowest BCUT2D eigenvalue weighted by molar-refractivity contribution is -0.119. The number of nitriles is 1. The summed E-state index contributed by atoms with van der Waals surface area (Å²) in [5.41, 5.74) is 3.14. The molecule has 104 valence electrons. The minimum absolute atomic E-state index is 0.0869. The first kappa shape index (κ1) is 12.9. The van der Waals surface area contributed by atoms with Gasteiger partial charge in [0.1, 0.15) is 0 Å². The Bertz CT molecular complexity index is 578. The molecule has 20 heavy (non-hydrogen) atoms. The van der Waals surface area contributed by atoms with E-state index in [-0.39, 0.29) is 11.8 Å². The van der Waals surface area contributed by atoms with Crippen LogP contribution in [0.4, 0.5) is 5.69 Å². The second kappa shape index (κ2) is 5.14. The molecular weight excluding hydrogens is 252 g/mol. The molecule has 0 saturated carbocycles. The van der Waals surface area contributed by atoms with Gasteiger partial charge in [0.05, 0.1) is 19.0 Å². The van der Waals surface area contributed by atoms with E-state index in [1.165, 1.54) is 5.56 Å². The molecule has 1 saturated heterocycles. The Balaban J connectivity index is 1.68. The van der Waals surface area contributed by atoms with Crippen LogP contribution in [0.25, 0.3) is 0 Å². The van der Waals surface area contributed by atoms with Crippen molar-refractivity contribution in [2.45, 2.75) is 19.5 Å². The lowest BCUT2D eigenvalue weighted by Gasteiger charge is -2.12. The van der Waals surface area contributed by atoms with Gasteiger partial charge in [-0.05, 0) is 43.3 Å². The molecule has 5 heteroatoms. The molecule has 0 bridgehead atoms. The zero-order chi connectivity index (χ0) is 14.1. The van der Waals surface area contributed by atoms with Crippen molar-refractivity contribution >= 4 is 11.6 Å². The van der Waals surface area contributed by atoms with E-state index in [4.69, 9.17) is 5.26 Å². The second-order valence-electron chi connectivity index (χ2n) is 5.68. The maximum absolute atomic E-state index is 12.2. The summed E-state index contributed by atoms with van der Waals surface area (Å²) < 4.78 is 0. The Kier molecular flexibility index (Phi) is 3.33. The third-order valence-electron chi connectivity index (χ3n) is 4.10. The maximum atomic E-state index is 12.2. The lowest BCUT2D eigenvalue weighted by Crippen LogP contribution is -2.25. The summed E-state index contributed by atoms with van der Waals surface area (Å²) in [6.07, 6.45) is 3.09. The first-order chi connectivity index (χ1) is 9.65. The molecule has 1 amide bonds. The number of amides is 1. The van der Waals surface area contributed by atoms with Gasteiger partial charge in [-0.1, -0.05) is 6.07 Å². The Hall–Kier alpha value is -2.06. The Labute approximate surface area is 118 Å². The van der Waals surface area contributed by atoms with Crippen LogP contribution in [0.1, 0.15) is 17.5 Å². The summed E-state index contributed by atoms with van der Waals surface area (Å²) in [5, 5.41) is 11.9. The van der Waals surface area contributed by atoms with Gasteiger partial charge in [-0.2, -0.15) is 5.26 Å². The molecule has 0 aliphatic carbocycles. The highest BCUT2D eigenvalue weighted by molar-refractivity contribution is 5.93. The van der Waals surface area contributed by atoms with Gasteiger partial charge in [0.2, 0.25) is 5.91 Å². The largest absolute Gasteiger partial charge is 0.326 e. The predicted molar refractivity (Wildman–Crippen MR) is 75.5 cm³/mol. The molecule has 3 rings (SSSR count). The average molecular weight is 270 g/mol. The number of hydrogen-bond acceptors (Lipinski definition) is 4. The van der Waals surface area contributed by atoms with Crippen molar-refractivity contribution in [1.29, 1.82) is 5.26 Å². The monoisotopic (exact) mass is 270 g/mol. The molecule has 1 aromatic rings. The van der Waals surface area contributed by atoms with Crippen molar-refractivity contribution in [1.82, 2.24) is 9.80 Å². The molecular formula is C15H18N4O. The van der Waals surface area contributed by atoms with Crippen LogP contribution in [0.2, 0.25) is 0 Å². The first-order valence-corrected chi connectivity index (χ1v) is 6.91. The van der Waals surface area contributed by atoms with Crippen LogP contribution in [0.3, 0.4) is 0 Å². The van der Waals surface area contributed by atoms with E-state index in [9.17, 15) is 4.79 Å². The summed E-state index contributed by atoms with van der Waals surface area (Å²) in [4.78, 5) is 16.1. The Morgan fingerprint density at radius 2 is 2.20 bits per heavy atom. The van der Waals surface area contributed by atoms with Crippen molar-refractivity contribution < 1.29 is 4.79 Å². The highest BCUT2D eigenvalue weighted by atomic mass is 16.1. The molecule has 5 nitrogen and oxygen atoms in total. The minimum atomic E-state index is 0.0869. The average Bonchev–Trinajstić information content (AvgIpc) is 3.03. The van der Waals surface area contributed by atoms with E-state index >= 15 is 0 Å². The fourth-order valence-electron chi connectivity index (χ4n) is 2.94. The predicted octanol–water partition coefficient (Wildman–Crippen LogP) is 1.37. The second-order valence-corrected chi connectivity index (χ2v) is 5.68. The number of carbonyl (C=O) groups is 1. The van der Waals surface area contributed by atoms with E-state index < -0.39 is 0 Å². The summed E-state index contributed by atoms with van der Waals surface area (Å²) in [7, 11) is 2.04. The van der Waals surface area contributed by atoms with E-state index in [2.05, 4.69) is 16.4 Å². The van der Waals surface area contributed by atoms with Gasteiger partial charge in [-0.25, -0.2) is 0 Å². The normalized spacial score (nSPS) is 21.6. The molecule has 1 aromatic carbocycles. The molecule has 2 heterocycles. The fraction of sp³-hybridized carbons (Fsp3) is 0.467. The smallest absolute Gasteiger partial charge is 0.228 e. The van der Waals surface area contributed by atoms with Gasteiger partial charge in [0.15, 0.2) is 6.19 Å². The number of benzene rings is 1. The van der Waals surface area contributed by atoms with Crippen molar-refractivity contribution in [3.63, 3.8) is 0 Å². The molecule has 1 atom stereocenters. The van der Waals surface area contributed by atoms with Crippen LogP contribution in [0.15, 0.2) is 18.2 Å². The summed E-state index contributed by atoms with van der Waals surface area (Å²) in [6.45, 7) is 3.13. The Morgan fingerprint density at radius 1 is 1.40 bits per heavy atom. The molecule has 0 aromatic heterocycles. The fourth-order valence-corrected chi connectivity index (χ4v) is 2.94. The molecule has 0 spiro atoms. The van der Waals surface area contributed by atoms with Crippen molar-refractivity contribution in [2.75, 3.05) is 25.5 Å². The van der Waals surface area contributed by atoms with Crippen molar-refractivity contribution in [3.05, 3.63) is 29.3 Å². The standard InChI is InChI=1S/C15H18N4O/c1-18-5-4-12(7-18)15(20)17-14-3-2-11-8-19(10-16)9-13(11)6-14/h2-3,6,12H,4-5,7-9H2,1H3,(H,17,20). The molecule has 0 radical (unpaired) electrons. The minimum Gasteiger partial charge on any atom is -0.326 e. The van der Waals surface area contributed by atoms with Gasteiger partial charge in [0, 0.05) is 12.2 Å². The summed E-state index contributed by atoms with van der Waals surface area (Å²) >= 11 is 0. The first-order valence-electron chi connectivity index (χ1n) is 6.91. The number of carbonyl (C=O) groups excluding carboxylic acids is 1. The van der Waals surface area contributed by atoms with E-state index in [1.54, 1.807) is 4.90 Å². The number of likely N-dealkylation sites (tertiary alicyclic amines) is 1. The van der Waals surface area contributed by atoms with E-state index in [0.717, 1.165) is 30.8 Å². The van der Waals surface area contributed by atoms with Crippen molar-refractivity contribution in [3.8, 4) is 6.19 Å². The molecule has 1 fully saturated rings. The zero-order valence-electron chi connectivity index (χ0n) is 11.6. The third-order valence-corrected chi connectivity index (χ3v) is 4.10. The van der Waals surface area contributed by atoms with Gasteiger partial charge in [-0.3, -0.25) is 4.79 Å². The third kappa shape index (κ3) is 2.47. The van der Waals surface area contributed by atoms with Gasteiger partial charge >= 0.3 is 0 Å². The van der Waals surface area contributed by atoms with Crippen LogP contribution < -0.4 is 5.32 Å². The Morgan fingerprint density at radius 3 is 2.90 bits per heavy atom. The zero-order valence-corrected chi connectivity index (χ0v) is 11.6. The van der Waals surface area contributed by atoms with E-state index in [1.807, 2.05) is 25.2 Å².